The number of carbonyl (C=O) groups is 1. The third-order valence-corrected chi connectivity index (χ3v) is 5.47. The van der Waals surface area contributed by atoms with E-state index in [4.69, 9.17) is 23.2 Å². The van der Waals surface area contributed by atoms with Crippen molar-refractivity contribution in [3.63, 3.8) is 0 Å². The summed E-state index contributed by atoms with van der Waals surface area (Å²) in [6.45, 7) is 1.94. The molecule has 1 fully saturated rings. The molecule has 0 amide bonds. The monoisotopic (exact) mass is 347 g/mol. The zero-order valence-electron chi connectivity index (χ0n) is 10.6. The van der Waals surface area contributed by atoms with Crippen molar-refractivity contribution in [3.8, 4) is 0 Å². The predicted molar refractivity (Wildman–Crippen MR) is 82.4 cm³/mol. The van der Waals surface area contributed by atoms with E-state index in [-0.39, 0.29) is 11.5 Å². The summed E-state index contributed by atoms with van der Waals surface area (Å²) in [5.41, 5.74) is 0.489. The van der Waals surface area contributed by atoms with Gasteiger partial charge in [-0.2, -0.15) is 0 Å². The number of aryl methyl sites for hydroxylation is 1. The largest absolute Gasteiger partial charge is 0.303 e. The van der Waals surface area contributed by atoms with Crippen LogP contribution in [0.5, 0.6) is 0 Å². The molecule has 1 saturated carbocycles. The van der Waals surface area contributed by atoms with Crippen molar-refractivity contribution in [2.45, 2.75) is 31.0 Å². The molecule has 20 heavy (non-hydrogen) atoms. The van der Waals surface area contributed by atoms with Crippen molar-refractivity contribution < 1.29 is 4.79 Å². The Hall–Kier alpha value is -0.560. The summed E-state index contributed by atoms with van der Waals surface area (Å²) in [5.74, 6) is 1.16. The van der Waals surface area contributed by atoms with E-state index in [1.165, 1.54) is 23.1 Å². The summed E-state index contributed by atoms with van der Waals surface area (Å²) in [7, 11) is 0. The fourth-order valence-corrected chi connectivity index (χ4v) is 4.37. The number of hydrogen-bond donors (Lipinski definition) is 0. The van der Waals surface area contributed by atoms with Gasteiger partial charge in [-0.1, -0.05) is 35.0 Å². The highest BCUT2D eigenvalue weighted by molar-refractivity contribution is 7.99. The lowest BCUT2D eigenvalue weighted by molar-refractivity contribution is 0.102. The van der Waals surface area contributed by atoms with Crippen LogP contribution in [0.4, 0.5) is 0 Å². The number of ketones is 1. The van der Waals surface area contributed by atoms with E-state index in [0.29, 0.717) is 20.3 Å². The van der Waals surface area contributed by atoms with Gasteiger partial charge >= 0.3 is 0 Å². The molecule has 0 aliphatic heterocycles. The molecule has 1 aliphatic rings. The quantitative estimate of drug-likeness (QED) is 0.598. The molecular weight excluding hydrogens is 337 g/mol. The molecule has 0 bridgehead atoms. The fraction of sp³-hybridized carbons (Fsp3) is 0.417. The number of carbonyl (C=O) groups excluding carboxylic acids is 1. The molecule has 0 N–H and O–H groups in total. The lowest BCUT2D eigenvalue weighted by atomic mass is 10.2. The Morgan fingerprint density at radius 3 is 2.85 bits per heavy atom. The van der Waals surface area contributed by atoms with Gasteiger partial charge in [-0.25, -0.2) is 0 Å². The van der Waals surface area contributed by atoms with Gasteiger partial charge in [-0.3, -0.25) is 4.79 Å². The van der Waals surface area contributed by atoms with Crippen molar-refractivity contribution in [2.75, 3.05) is 5.75 Å². The SMILES string of the molecule is Cc1nnc(SCC(=O)c2cc(Cl)sc2Cl)n1C1CC1. The minimum Gasteiger partial charge on any atom is -0.303 e. The molecule has 106 valence electrons. The highest BCUT2D eigenvalue weighted by Crippen LogP contribution is 2.39. The molecule has 2 heterocycles. The summed E-state index contributed by atoms with van der Waals surface area (Å²) in [6.07, 6.45) is 2.32. The van der Waals surface area contributed by atoms with Crippen LogP contribution in [0.1, 0.15) is 35.1 Å². The number of thioether (sulfide) groups is 1. The van der Waals surface area contributed by atoms with Gasteiger partial charge in [0, 0.05) is 11.6 Å². The van der Waals surface area contributed by atoms with E-state index < -0.39 is 0 Å². The molecule has 0 aromatic carbocycles. The van der Waals surface area contributed by atoms with Crippen LogP contribution < -0.4 is 0 Å². The van der Waals surface area contributed by atoms with Crippen LogP contribution in [0.15, 0.2) is 11.2 Å². The van der Waals surface area contributed by atoms with Crippen LogP contribution >= 0.6 is 46.3 Å². The molecule has 8 heteroatoms. The van der Waals surface area contributed by atoms with Crippen molar-refractivity contribution in [3.05, 3.63) is 26.1 Å². The van der Waals surface area contributed by atoms with Crippen LogP contribution in [0.2, 0.25) is 8.67 Å². The number of nitrogens with zero attached hydrogens (tertiary/aromatic N) is 3. The zero-order valence-corrected chi connectivity index (χ0v) is 13.7. The van der Waals surface area contributed by atoms with Crippen molar-refractivity contribution in [2.24, 2.45) is 0 Å². The summed E-state index contributed by atoms with van der Waals surface area (Å²) in [4.78, 5) is 12.1. The van der Waals surface area contributed by atoms with Crippen LogP contribution in [0.25, 0.3) is 0 Å². The third-order valence-electron chi connectivity index (χ3n) is 3.04. The minimum atomic E-state index is -0.0360. The maximum Gasteiger partial charge on any atom is 0.191 e. The molecule has 0 unspecified atom stereocenters. The average Bonchev–Trinajstić information content (AvgIpc) is 3.08. The molecule has 2 aromatic heterocycles. The van der Waals surface area contributed by atoms with Crippen LogP contribution in [-0.4, -0.2) is 26.3 Å². The number of thiophene rings is 1. The number of hydrogen-bond acceptors (Lipinski definition) is 5. The van der Waals surface area contributed by atoms with Crippen LogP contribution in [0.3, 0.4) is 0 Å². The first kappa shape index (κ1) is 14.4. The first-order chi connectivity index (χ1) is 9.56. The van der Waals surface area contributed by atoms with Gasteiger partial charge in [0.05, 0.1) is 10.1 Å². The number of aromatic nitrogens is 3. The minimum absolute atomic E-state index is 0.0360. The second kappa shape index (κ2) is 5.67. The van der Waals surface area contributed by atoms with E-state index in [1.54, 1.807) is 6.07 Å². The first-order valence-corrected chi connectivity index (χ1v) is 8.64. The summed E-state index contributed by atoms with van der Waals surface area (Å²) < 4.78 is 3.08. The van der Waals surface area contributed by atoms with Crippen LogP contribution in [-0.2, 0) is 0 Å². The van der Waals surface area contributed by atoms with Gasteiger partial charge in [0.15, 0.2) is 10.9 Å². The normalized spacial score (nSPS) is 14.8. The maximum atomic E-state index is 12.1. The second-order valence-electron chi connectivity index (χ2n) is 4.58. The average molecular weight is 348 g/mol. The van der Waals surface area contributed by atoms with E-state index >= 15 is 0 Å². The topological polar surface area (TPSA) is 47.8 Å². The van der Waals surface area contributed by atoms with Crippen molar-refractivity contribution in [1.82, 2.24) is 14.8 Å². The molecule has 0 radical (unpaired) electrons. The molecule has 1 aliphatic carbocycles. The lowest BCUT2D eigenvalue weighted by Crippen LogP contribution is -2.04. The standard InChI is InChI=1S/C12H11Cl2N3OS2/c1-6-15-16-12(17(6)7-2-3-7)19-5-9(18)8-4-10(13)20-11(8)14/h4,7H,2-3,5H2,1H3. The van der Waals surface area contributed by atoms with E-state index in [9.17, 15) is 4.79 Å². The van der Waals surface area contributed by atoms with Crippen LogP contribution in [0, 0.1) is 6.92 Å². The smallest absolute Gasteiger partial charge is 0.191 e. The Balaban J connectivity index is 1.70. The van der Waals surface area contributed by atoms with Gasteiger partial charge in [-0.15, -0.1) is 21.5 Å². The first-order valence-electron chi connectivity index (χ1n) is 6.08. The molecule has 0 saturated heterocycles. The summed E-state index contributed by atoms with van der Waals surface area (Å²) >= 11 is 14.5. The Morgan fingerprint density at radius 1 is 1.50 bits per heavy atom. The highest BCUT2D eigenvalue weighted by atomic mass is 35.5. The van der Waals surface area contributed by atoms with E-state index in [1.807, 2.05) is 6.92 Å². The van der Waals surface area contributed by atoms with E-state index in [0.717, 1.165) is 23.8 Å². The van der Waals surface area contributed by atoms with Gasteiger partial charge in [0.2, 0.25) is 0 Å². The van der Waals surface area contributed by atoms with Gasteiger partial charge in [0.1, 0.15) is 10.2 Å². The predicted octanol–water partition coefficient (Wildman–Crippen LogP) is 4.26. The van der Waals surface area contributed by atoms with Crippen molar-refractivity contribution >= 4 is 52.1 Å². The third kappa shape index (κ3) is 2.88. The van der Waals surface area contributed by atoms with Gasteiger partial charge in [0.25, 0.3) is 0 Å². The van der Waals surface area contributed by atoms with Gasteiger partial charge in [-0.05, 0) is 25.8 Å². The molecule has 4 nitrogen and oxygen atoms in total. The lowest BCUT2D eigenvalue weighted by Gasteiger charge is -2.05. The maximum absolute atomic E-state index is 12.1. The Labute approximate surface area is 134 Å². The number of rotatable bonds is 5. The zero-order chi connectivity index (χ0) is 14.3. The van der Waals surface area contributed by atoms with Gasteiger partial charge < -0.3 is 4.57 Å². The van der Waals surface area contributed by atoms with E-state index in [2.05, 4.69) is 14.8 Å². The molecule has 2 aromatic rings. The van der Waals surface area contributed by atoms with Crippen molar-refractivity contribution in [1.29, 1.82) is 0 Å². The second-order valence-corrected chi connectivity index (χ2v) is 7.81. The summed E-state index contributed by atoms with van der Waals surface area (Å²) in [6, 6.07) is 2.12. The number of halogens is 2. The molecule has 0 atom stereocenters. The highest BCUT2D eigenvalue weighted by Gasteiger charge is 2.28. The molecule has 3 rings (SSSR count). The summed E-state index contributed by atoms with van der Waals surface area (Å²) in [5, 5.41) is 9.03. The Kier molecular flexibility index (Phi) is 4.08. The molecule has 0 spiro atoms. The Morgan fingerprint density at radius 2 is 2.25 bits per heavy atom. The molecular formula is C12H11Cl2N3OS2. The number of Topliss-reactive ketones (excluding diaryl/α,β-unsaturated/α-hetero) is 1. The fourth-order valence-electron chi connectivity index (χ4n) is 1.94. The Bertz CT molecular complexity index is 664.